The van der Waals surface area contributed by atoms with E-state index in [0.717, 1.165) is 44.7 Å². The van der Waals surface area contributed by atoms with Crippen molar-refractivity contribution in [1.29, 1.82) is 0 Å². The summed E-state index contributed by atoms with van der Waals surface area (Å²) in [5.41, 5.74) is 1.02. The van der Waals surface area contributed by atoms with Crippen molar-refractivity contribution in [2.24, 2.45) is 34.5 Å². The van der Waals surface area contributed by atoms with Crippen molar-refractivity contribution in [2.45, 2.75) is 53.4 Å². The van der Waals surface area contributed by atoms with Gasteiger partial charge in [-0.3, -0.25) is 4.79 Å². The minimum atomic E-state index is 0.0140. The second kappa shape index (κ2) is 9.81. The van der Waals surface area contributed by atoms with E-state index in [4.69, 9.17) is 9.47 Å². The first kappa shape index (κ1) is 25.5. The third-order valence-electron chi connectivity index (χ3n) is 9.80. The van der Waals surface area contributed by atoms with Crippen LogP contribution in [0.5, 0.6) is 11.5 Å². The van der Waals surface area contributed by atoms with Crippen LogP contribution in [0.3, 0.4) is 0 Å². The van der Waals surface area contributed by atoms with E-state index in [1.165, 1.54) is 19.3 Å². The molecule has 1 heterocycles. The number of piperazine rings is 1. The highest BCUT2D eigenvalue weighted by Gasteiger charge is 2.58. The number of carbonyl (C=O) groups is 1. The average Bonchev–Trinajstić information content (AvgIpc) is 2.80. The molecule has 0 spiro atoms. The van der Waals surface area contributed by atoms with Gasteiger partial charge >= 0.3 is 0 Å². The highest BCUT2D eigenvalue weighted by Crippen LogP contribution is 2.63. The van der Waals surface area contributed by atoms with Gasteiger partial charge in [0.2, 0.25) is 0 Å². The van der Waals surface area contributed by atoms with Gasteiger partial charge in [-0.25, -0.2) is 0 Å². The van der Waals surface area contributed by atoms with E-state index in [0.29, 0.717) is 29.3 Å². The van der Waals surface area contributed by atoms with Gasteiger partial charge in [0.1, 0.15) is 11.5 Å². The van der Waals surface area contributed by atoms with Gasteiger partial charge in [0.15, 0.2) is 5.78 Å². The first-order chi connectivity index (χ1) is 16.1. The number of ketones is 1. The molecule has 3 fully saturated rings. The molecule has 1 saturated heterocycles. The van der Waals surface area contributed by atoms with Crippen LogP contribution < -0.4 is 9.47 Å². The number of ether oxygens (including phenoxy) is 2. The second-order valence-electron chi connectivity index (χ2n) is 12.3. The molecule has 0 N–H and O–H groups in total. The zero-order chi connectivity index (χ0) is 24.7. The molecule has 5 heteroatoms. The van der Waals surface area contributed by atoms with Crippen molar-refractivity contribution in [3.63, 3.8) is 0 Å². The van der Waals surface area contributed by atoms with Crippen LogP contribution in [0.25, 0.3) is 0 Å². The van der Waals surface area contributed by atoms with Crippen LogP contribution in [0.1, 0.15) is 63.7 Å². The number of rotatable bonds is 6. The van der Waals surface area contributed by atoms with Crippen molar-refractivity contribution < 1.29 is 14.3 Å². The standard InChI is InChI=1S/C29H46N2O3/c1-20-22(19-31-13-11-30(5)12-14-31)17-25-28(2,3)9-8-10-29(25,4)26(20)27(32)21-15-23(33-6)18-24(16-21)34-7/h15-16,18,20,22,25-26H,8-14,17,19H2,1-7H3/t20-,22-,25+,26-,29+/m1/s1. The van der Waals surface area contributed by atoms with Gasteiger partial charge in [-0.15, -0.1) is 0 Å². The summed E-state index contributed by atoms with van der Waals surface area (Å²) in [6.45, 7) is 15.4. The predicted molar refractivity (Wildman–Crippen MR) is 138 cm³/mol. The summed E-state index contributed by atoms with van der Waals surface area (Å²) in [5.74, 6) is 3.11. The molecule has 0 unspecified atom stereocenters. The Kier molecular flexibility index (Phi) is 7.36. The maximum Gasteiger partial charge on any atom is 0.167 e. The Morgan fingerprint density at radius 3 is 2.21 bits per heavy atom. The van der Waals surface area contributed by atoms with Crippen molar-refractivity contribution in [3.8, 4) is 11.5 Å². The molecule has 1 aromatic rings. The molecule has 1 aromatic carbocycles. The molecule has 190 valence electrons. The van der Waals surface area contributed by atoms with Crippen LogP contribution in [0.2, 0.25) is 0 Å². The quantitative estimate of drug-likeness (QED) is 0.532. The van der Waals surface area contributed by atoms with E-state index in [1.807, 2.05) is 18.2 Å². The fourth-order valence-corrected chi connectivity index (χ4v) is 7.79. The highest BCUT2D eigenvalue weighted by molar-refractivity contribution is 5.99. The lowest BCUT2D eigenvalue weighted by Gasteiger charge is -2.61. The van der Waals surface area contributed by atoms with E-state index in [9.17, 15) is 4.79 Å². The predicted octanol–water partition coefficient (Wildman–Crippen LogP) is 5.24. The van der Waals surface area contributed by atoms with Crippen LogP contribution in [0.4, 0.5) is 0 Å². The van der Waals surface area contributed by atoms with Gasteiger partial charge in [0.05, 0.1) is 14.2 Å². The summed E-state index contributed by atoms with van der Waals surface area (Å²) in [5, 5.41) is 0. The molecule has 2 saturated carbocycles. The first-order valence-corrected chi connectivity index (χ1v) is 13.3. The number of fused-ring (bicyclic) bond motifs is 1. The normalized spacial score (nSPS) is 34.3. The van der Waals surface area contributed by atoms with Gasteiger partial charge in [0.25, 0.3) is 0 Å². The summed E-state index contributed by atoms with van der Waals surface area (Å²) < 4.78 is 11.0. The molecule has 0 amide bonds. The Morgan fingerprint density at radius 2 is 1.62 bits per heavy atom. The van der Waals surface area contributed by atoms with E-state index < -0.39 is 0 Å². The molecule has 0 radical (unpaired) electrons. The molecular formula is C29H46N2O3. The average molecular weight is 471 g/mol. The summed E-state index contributed by atoms with van der Waals surface area (Å²) in [4.78, 5) is 19.4. The van der Waals surface area contributed by atoms with E-state index >= 15 is 0 Å². The molecule has 5 nitrogen and oxygen atoms in total. The third-order valence-corrected chi connectivity index (χ3v) is 9.80. The fraction of sp³-hybridized carbons (Fsp3) is 0.759. The number of benzene rings is 1. The largest absolute Gasteiger partial charge is 0.497 e. The lowest BCUT2D eigenvalue weighted by atomic mass is 9.44. The Morgan fingerprint density at radius 1 is 1.00 bits per heavy atom. The molecule has 5 atom stereocenters. The SMILES string of the molecule is COc1cc(OC)cc(C(=O)[C@H]2[C@H](C)[C@@H](CN3CCN(C)CC3)C[C@H]3C(C)(C)CCC[C@]23C)c1. The molecule has 4 rings (SSSR count). The zero-order valence-electron chi connectivity index (χ0n) is 22.5. The van der Waals surface area contributed by atoms with Crippen molar-refractivity contribution in [2.75, 3.05) is 54.0 Å². The fourth-order valence-electron chi connectivity index (χ4n) is 7.79. The molecule has 34 heavy (non-hydrogen) atoms. The van der Waals surface area contributed by atoms with Crippen LogP contribution in [0, 0.1) is 34.5 Å². The highest BCUT2D eigenvalue weighted by atomic mass is 16.5. The molecule has 0 bridgehead atoms. The zero-order valence-corrected chi connectivity index (χ0v) is 22.5. The van der Waals surface area contributed by atoms with Crippen molar-refractivity contribution in [1.82, 2.24) is 9.80 Å². The van der Waals surface area contributed by atoms with Gasteiger partial charge in [-0.05, 0) is 67.0 Å². The van der Waals surface area contributed by atoms with Crippen LogP contribution in [0.15, 0.2) is 18.2 Å². The van der Waals surface area contributed by atoms with Crippen LogP contribution in [-0.2, 0) is 0 Å². The van der Waals surface area contributed by atoms with Crippen molar-refractivity contribution in [3.05, 3.63) is 23.8 Å². The van der Waals surface area contributed by atoms with Crippen molar-refractivity contribution >= 4 is 5.78 Å². The lowest BCUT2D eigenvalue weighted by molar-refractivity contribution is -0.107. The summed E-state index contributed by atoms with van der Waals surface area (Å²) in [6, 6.07) is 5.67. The summed E-state index contributed by atoms with van der Waals surface area (Å²) >= 11 is 0. The van der Waals surface area contributed by atoms with Gasteiger partial charge in [-0.1, -0.05) is 34.1 Å². The molecule has 3 aliphatic rings. The van der Waals surface area contributed by atoms with E-state index in [1.54, 1.807) is 14.2 Å². The molecule has 1 aliphatic heterocycles. The number of hydrogen-bond acceptors (Lipinski definition) is 5. The number of methoxy groups -OCH3 is 2. The minimum Gasteiger partial charge on any atom is -0.497 e. The van der Waals surface area contributed by atoms with Crippen LogP contribution in [-0.4, -0.2) is 69.6 Å². The minimum absolute atomic E-state index is 0.0140. The Balaban J connectivity index is 1.69. The first-order valence-electron chi connectivity index (χ1n) is 13.3. The smallest absolute Gasteiger partial charge is 0.167 e. The number of likely N-dealkylation sites (N-methyl/N-ethyl adjacent to an activating group) is 1. The lowest BCUT2D eigenvalue weighted by Crippen LogP contribution is -2.58. The number of nitrogens with zero attached hydrogens (tertiary/aromatic N) is 2. The maximum absolute atomic E-state index is 14.4. The van der Waals surface area contributed by atoms with Crippen LogP contribution >= 0.6 is 0 Å². The Bertz CT molecular complexity index is 854. The molecule has 2 aliphatic carbocycles. The molecular weight excluding hydrogens is 424 g/mol. The van der Waals surface area contributed by atoms with Gasteiger partial charge in [-0.2, -0.15) is 0 Å². The summed E-state index contributed by atoms with van der Waals surface area (Å²) in [7, 11) is 5.52. The van der Waals surface area contributed by atoms with Gasteiger partial charge < -0.3 is 19.3 Å². The third kappa shape index (κ3) is 4.75. The summed E-state index contributed by atoms with van der Waals surface area (Å²) in [6.07, 6.45) is 4.85. The number of Topliss-reactive ketones (excluding diaryl/α,β-unsaturated/α-hetero) is 1. The topological polar surface area (TPSA) is 42.0 Å². The second-order valence-corrected chi connectivity index (χ2v) is 12.3. The van der Waals surface area contributed by atoms with Gasteiger partial charge in [0, 0.05) is 50.3 Å². The number of carbonyl (C=O) groups excluding carboxylic acids is 1. The maximum atomic E-state index is 14.4. The number of hydrogen-bond donors (Lipinski definition) is 0. The Labute approximate surface area is 207 Å². The monoisotopic (exact) mass is 470 g/mol. The Hall–Kier alpha value is -1.59. The molecule has 0 aromatic heterocycles. The van der Waals surface area contributed by atoms with E-state index in [-0.39, 0.29) is 22.5 Å². The van der Waals surface area contributed by atoms with E-state index in [2.05, 4.69) is 44.5 Å².